The Hall–Kier alpha value is -2.97. The molecule has 2 aromatic carbocycles. The maximum atomic E-state index is 13.7. The third kappa shape index (κ3) is 4.86. The topological polar surface area (TPSA) is 82.4 Å². The van der Waals surface area contributed by atoms with Crippen LogP contribution in [-0.4, -0.2) is 32.8 Å². The van der Waals surface area contributed by atoms with E-state index in [-0.39, 0.29) is 18.5 Å². The fraction of sp³-hybridized carbons (Fsp3) is 0.320. The van der Waals surface area contributed by atoms with E-state index in [0.717, 1.165) is 52.8 Å². The van der Waals surface area contributed by atoms with Crippen molar-refractivity contribution in [2.75, 3.05) is 17.2 Å². The third-order valence-electron chi connectivity index (χ3n) is 6.10. The molecule has 1 aromatic heterocycles. The zero-order chi connectivity index (χ0) is 22.8. The number of anilines is 3. The SMILES string of the molecule is Cc1nc(Nc2cccc(F)c2)nc(NC2CCC(CO)C2)c1C1=Nc2ccccc2CS1. The molecule has 1 fully saturated rings. The summed E-state index contributed by atoms with van der Waals surface area (Å²) in [6.07, 6.45) is 2.86. The third-order valence-corrected chi connectivity index (χ3v) is 7.13. The molecule has 0 amide bonds. The lowest BCUT2D eigenvalue weighted by molar-refractivity contribution is 0.229. The van der Waals surface area contributed by atoms with Gasteiger partial charge in [0, 0.05) is 24.1 Å². The number of benzene rings is 2. The summed E-state index contributed by atoms with van der Waals surface area (Å²) in [6.45, 7) is 2.16. The first-order valence-corrected chi connectivity index (χ1v) is 12.2. The van der Waals surface area contributed by atoms with Crippen LogP contribution in [-0.2, 0) is 5.75 Å². The summed E-state index contributed by atoms with van der Waals surface area (Å²) in [4.78, 5) is 14.4. The van der Waals surface area contributed by atoms with Crippen LogP contribution in [0.2, 0.25) is 0 Å². The summed E-state index contributed by atoms with van der Waals surface area (Å²) < 4.78 is 13.7. The number of hydrogen-bond donors (Lipinski definition) is 3. The first kappa shape index (κ1) is 21.9. The summed E-state index contributed by atoms with van der Waals surface area (Å²) in [5.41, 5.74) is 4.47. The largest absolute Gasteiger partial charge is 0.396 e. The van der Waals surface area contributed by atoms with Crippen LogP contribution < -0.4 is 10.6 Å². The van der Waals surface area contributed by atoms with E-state index in [2.05, 4.69) is 21.7 Å². The number of thioether (sulfide) groups is 1. The summed E-state index contributed by atoms with van der Waals surface area (Å²) >= 11 is 1.68. The molecule has 0 radical (unpaired) electrons. The molecule has 0 spiro atoms. The van der Waals surface area contributed by atoms with Gasteiger partial charge in [-0.15, -0.1) is 11.8 Å². The predicted molar refractivity (Wildman–Crippen MR) is 132 cm³/mol. The van der Waals surface area contributed by atoms with Crippen molar-refractivity contribution < 1.29 is 9.50 Å². The van der Waals surface area contributed by atoms with Crippen LogP contribution >= 0.6 is 11.8 Å². The summed E-state index contributed by atoms with van der Waals surface area (Å²) in [7, 11) is 0. The van der Waals surface area contributed by atoms with Gasteiger partial charge >= 0.3 is 0 Å². The Morgan fingerprint density at radius 2 is 2.00 bits per heavy atom. The van der Waals surface area contributed by atoms with E-state index in [0.29, 0.717) is 17.6 Å². The molecule has 2 aliphatic rings. The molecule has 2 unspecified atom stereocenters. The van der Waals surface area contributed by atoms with Gasteiger partial charge in [-0.25, -0.2) is 14.4 Å². The van der Waals surface area contributed by atoms with Gasteiger partial charge in [0.25, 0.3) is 0 Å². The first-order chi connectivity index (χ1) is 16.1. The summed E-state index contributed by atoms with van der Waals surface area (Å²) in [5.74, 6) is 1.96. The number of aliphatic imine (C=N–C) groups is 1. The molecule has 170 valence electrons. The van der Waals surface area contributed by atoms with E-state index >= 15 is 0 Å². The zero-order valence-electron chi connectivity index (χ0n) is 18.4. The van der Waals surface area contributed by atoms with Gasteiger partial charge in [-0.05, 0) is 61.9 Å². The van der Waals surface area contributed by atoms with Crippen molar-refractivity contribution in [3.05, 3.63) is 71.2 Å². The van der Waals surface area contributed by atoms with E-state index in [1.807, 2.05) is 25.1 Å². The Morgan fingerprint density at radius 3 is 2.82 bits per heavy atom. The number of aromatic nitrogens is 2. The van der Waals surface area contributed by atoms with Gasteiger partial charge in [-0.3, -0.25) is 0 Å². The van der Waals surface area contributed by atoms with Gasteiger partial charge in [0.2, 0.25) is 5.95 Å². The van der Waals surface area contributed by atoms with Gasteiger partial charge in [0.1, 0.15) is 16.7 Å². The Labute approximate surface area is 196 Å². The maximum absolute atomic E-state index is 13.7. The molecule has 1 aliphatic carbocycles. The normalized spacial score (nSPS) is 19.7. The highest BCUT2D eigenvalue weighted by molar-refractivity contribution is 8.13. The van der Waals surface area contributed by atoms with Gasteiger partial charge in [-0.2, -0.15) is 4.98 Å². The number of aliphatic hydroxyl groups is 1. The average Bonchev–Trinajstić information content (AvgIpc) is 3.26. The van der Waals surface area contributed by atoms with E-state index in [1.165, 1.54) is 17.7 Å². The lowest BCUT2D eigenvalue weighted by Gasteiger charge is -2.22. The monoisotopic (exact) mass is 463 g/mol. The van der Waals surface area contributed by atoms with Crippen molar-refractivity contribution in [3.8, 4) is 0 Å². The molecule has 3 aromatic rings. The second-order valence-corrected chi connectivity index (χ2v) is 9.49. The molecule has 8 heteroatoms. The molecule has 2 heterocycles. The van der Waals surface area contributed by atoms with Crippen molar-refractivity contribution in [2.24, 2.45) is 10.9 Å². The second kappa shape index (κ2) is 9.49. The average molecular weight is 464 g/mol. The molecular weight excluding hydrogens is 437 g/mol. The maximum Gasteiger partial charge on any atom is 0.229 e. The number of para-hydroxylation sites is 1. The van der Waals surface area contributed by atoms with Crippen molar-refractivity contribution >= 4 is 39.9 Å². The van der Waals surface area contributed by atoms with E-state index in [4.69, 9.17) is 9.98 Å². The standard InChI is InChI=1S/C25H26FN5OS/c1-15-22(24-30-21-8-3-2-5-17(21)14-33-24)23(28-20-10-9-16(11-20)13-32)31-25(27-15)29-19-7-4-6-18(26)12-19/h2-8,12,16,20,32H,9-11,13-14H2,1H3,(H2,27,28,29,31). The number of nitrogens with zero attached hydrogens (tertiary/aromatic N) is 3. The first-order valence-electron chi connectivity index (χ1n) is 11.2. The lowest BCUT2D eigenvalue weighted by Crippen LogP contribution is -2.21. The molecular formula is C25H26FN5OS. The molecule has 6 nitrogen and oxygen atoms in total. The molecule has 3 N–H and O–H groups in total. The number of fused-ring (bicyclic) bond motifs is 1. The molecule has 1 aliphatic heterocycles. The van der Waals surface area contributed by atoms with Crippen molar-refractivity contribution in [1.29, 1.82) is 0 Å². The minimum atomic E-state index is -0.320. The minimum absolute atomic E-state index is 0.208. The Bertz CT molecular complexity index is 1200. The quantitative estimate of drug-likeness (QED) is 0.444. The van der Waals surface area contributed by atoms with Crippen LogP contribution in [0.25, 0.3) is 0 Å². The number of aryl methyl sites for hydroxylation is 1. The van der Waals surface area contributed by atoms with Crippen LogP contribution in [0.4, 0.5) is 27.5 Å². The van der Waals surface area contributed by atoms with Crippen LogP contribution in [0.1, 0.15) is 36.1 Å². The van der Waals surface area contributed by atoms with E-state index in [9.17, 15) is 9.50 Å². The second-order valence-electron chi connectivity index (χ2n) is 8.53. The number of halogens is 1. The van der Waals surface area contributed by atoms with Crippen molar-refractivity contribution in [3.63, 3.8) is 0 Å². The van der Waals surface area contributed by atoms with Crippen molar-refractivity contribution in [2.45, 2.75) is 38.0 Å². The lowest BCUT2D eigenvalue weighted by atomic mass is 10.1. The highest BCUT2D eigenvalue weighted by atomic mass is 32.2. The van der Waals surface area contributed by atoms with Gasteiger partial charge in [-0.1, -0.05) is 24.3 Å². The fourth-order valence-corrected chi connectivity index (χ4v) is 5.50. The fourth-order valence-electron chi connectivity index (χ4n) is 4.41. The molecule has 1 saturated carbocycles. The Balaban J connectivity index is 1.52. The van der Waals surface area contributed by atoms with Gasteiger partial charge < -0.3 is 15.7 Å². The van der Waals surface area contributed by atoms with Crippen LogP contribution in [0, 0.1) is 18.7 Å². The molecule has 0 bridgehead atoms. The minimum Gasteiger partial charge on any atom is -0.396 e. The number of aliphatic hydroxyl groups excluding tert-OH is 1. The smallest absolute Gasteiger partial charge is 0.229 e. The van der Waals surface area contributed by atoms with Crippen molar-refractivity contribution in [1.82, 2.24) is 9.97 Å². The number of hydrogen-bond acceptors (Lipinski definition) is 7. The number of rotatable bonds is 6. The van der Waals surface area contributed by atoms with Crippen LogP contribution in [0.15, 0.2) is 53.5 Å². The zero-order valence-corrected chi connectivity index (χ0v) is 19.2. The molecule has 0 saturated heterocycles. The van der Waals surface area contributed by atoms with Crippen LogP contribution in [0.5, 0.6) is 0 Å². The Kier molecular flexibility index (Phi) is 6.28. The highest BCUT2D eigenvalue weighted by Gasteiger charge is 2.27. The molecule has 5 rings (SSSR count). The van der Waals surface area contributed by atoms with Crippen LogP contribution in [0.3, 0.4) is 0 Å². The van der Waals surface area contributed by atoms with E-state index < -0.39 is 0 Å². The highest BCUT2D eigenvalue weighted by Crippen LogP contribution is 2.37. The van der Waals surface area contributed by atoms with Gasteiger partial charge in [0.15, 0.2) is 0 Å². The summed E-state index contributed by atoms with van der Waals surface area (Å²) in [6, 6.07) is 14.6. The molecule has 33 heavy (non-hydrogen) atoms. The number of nitrogens with one attached hydrogen (secondary N) is 2. The van der Waals surface area contributed by atoms with Gasteiger partial charge in [0.05, 0.1) is 16.9 Å². The van der Waals surface area contributed by atoms with E-state index in [1.54, 1.807) is 23.9 Å². The molecule has 2 atom stereocenters. The summed E-state index contributed by atoms with van der Waals surface area (Å²) in [5, 5.41) is 17.2. The predicted octanol–water partition coefficient (Wildman–Crippen LogP) is 5.57. The Morgan fingerprint density at radius 1 is 1.12 bits per heavy atom.